The molecule has 3 aromatic heterocycles. The van der Waals surface area contributed by atoms with Crippen molar-refractivity contribution < 1.29 is 0 Å². The van der Waals surface area contributed by atoms with Crippen molar-refractivity contribution in [2.75, 3.05) is 4.90 Å². The summed E-state index contributed by atoms with van der Waals surface area (Å²) in [7, 11) is 0. The maximum absolute atomic E-state index is 2.56. The van der Waals surface area contributed by atoms with Crippen molar-refractivity contribution >= 4 is 92.2 Å². The Hall–Kier alpha value is -14.4. The topological polar surface area (TPSA) is 13.1 Å². The first-order valence-corrected chi connectivity index (χ1v) is 50.8. The number of anilines is 3. The lowest BCUT2D eigenvalue weighted by molar-refractivity contribution is 0.295. The second kappa shape index (κ2) is 30.3. The predicted molar refractivity (Wildman–Crippen MR) is 594 cm³/mol. The fraction of sp³-hybridized carbons (Fsp3) is 0.200. The van der Waals surface area contributed by atoms with Gasteiger partial charge in [-0.05, 0) is 298 Å². The maximum Gasteiger partial charge on any atom is 0.0541 e. The van der Waals surface area contributed by atoms with Gasteiger partial charge in [0.1, 0.15) is 0 Å². The Bertz CT molecular complexity index is 8650. The minimum Gasteiger partial charge on any atom is -0.310 e. The Morgan fingerprint density at radius 2 is 0.532 bits per heavy atom. The Balaban J connectivity index is 0.000000110. The smallest absolute Gasteiger partial charge is 0.0541 e. The number of benzene rings is 18. The van der Waals surface area contributed by atoms with Gasteiger partial charge in [0.05, 0.1) is 22.1 Å². The van der Waals surface area contributed by atoms with Gasteiger partial charge in [-0.1, -0.05) is 392 Å². The Morgan fingerprint density at radius 1 is 0.187 bits per heavy atom. The van der Waals surface area contributed by atoms with Crippen molar-refractivity contribution in [1.82, 2.24) is 9.13 Å². The number of para-hydroxylation sites is 5. The van der Waals surface area contributed by atoms with Crippen LogP contribution >= 0.6 is 11.3 Å². The monoisotopic (exact) mass is 1810 g/mol. The first-order valence-electron chi connectivity index (χ1n) is 50.0. The minimum absolute atomic E-state index is 0.000152. The summed E-state index contributed by atoms with van der Waals surface area (Å²) in [5.41, 5.74) is 49.6. The standard InChI is InChI=1S/C45H39NS.2C45H39N/c1-43(2)38-25-30(46(28-14-8-7-9-15-28)29-21-23-42-36(24-29)33-17-11-13-19-41(33)47-42)20-22-32(38)34-26-35-31-16-10-12-18-37(31)44(3,4)45(5,6)40(35)27-39(34)43;1-43(2)38-27-29(28-19-22-30(23-20-28)46-39-17-11-8-14-33(39)34-15-9-12-18-40(34)46)21-24-32(38)35-25-26-36-31-13-7-10-16-37(31)44(3,4)45(5,6)42(36)41(35)43;1-43(2)37-26-25-34-31-13-7-10-16-36(31)44(3,4)45(5,6)42(34)41(37)35-24-21-29(27-38(35)43)28-19-22-30(23-20-28)46-39-17-11-8-14-32(39)33-15-9-12-18-40(33)46/h7-27H,1-6H3;2*7-27H,1-6H3. The quantitative estimate of drug-likeness (QED) is 0.155. The molecule has 3 heterocycles. The molecule has 21 aromatic rings. The molecule has 0 saturated carbocycles. The highest BCUT2D eigenvalue weighted by Gasteiger charge is 2.54. The number of rotatable bonds is 7. The van der Waals surface area contributed by atoms with Gasteiger partial charge in [-0.15, -0.1) is 11.3 Å². The SMILES string of the molecule is CC1(C)c2cc(-c3ccc(-n4c5ccccc5c5ccccc54)cc3)ccc2-c2c1ccc1c2C(C)(C)C(C)(C)c2ccccc2-1.CC1(C)c2cc(-c3ccc(-n4c5ccccc5c5ccccc54)cc3)ccc2-c2ccc3c(c21)C(C)(C)C(C)(C)c1ccccc1-3.CC1(C)c2cc(N(c3ccccc3)c3ccc4sc5ccccc5c4c3)ccc2-c2cc3c(cc21)C(C)(C)C(C)(C)c1ccccc1-3. The highest BCUT2D eigenvalue weighted by Crippen LogP contribution is 2.66. The molecule has 0 N–H and O–H groups in total. The highest BCUT2D eigenvalue weighted by atomic mass is 32.1. The third kappa shape index (κ3) is 12.2. The van der Waals surface area contributed by atoms with Crippen molar-refractivity contribution in [3.8, 4) is 100 Å². The van der Waals surface area contributed by atoms with Crippen molar-refractivity contribution in [2.45, 2.75) is 173 Å². The molecule has 0 radical (unpaired) electrons. The van der Waals surface area contributed by atoms with Crippen molar-refractivity contribution in [3.63, 3.8) is 0 Å². The van der Waals surface area contributed by atoms with Crippen LogP contribution in [0.15, 0.2) is 382 Å². The molecule has 27 rings (SSSR count). The van der Waals surface area contributed by atoms with E-state index >= 15 is 0 Å². The Kier molecular flexibility index (Phi) is 18.8. The lowest BCUT2D eigenvalue weighted by Crippen LogP contribution is -2.45. The average molecular weight is 1810 g/mol. The van der Waals surface area contributed by atoms with Gasteiger partial charge < -0.3 is 14.0 Å². The van der Waals surface area contributed by atoms with Crippen LogP contribution in [0.1, 0.15) is 191 Å². The van der Waals surface area contributed by atoms with E-state index in [1.54, 1.807) is 0 Å². The number of aromatic nitrogens is 2. The van der Waals surface area contributed by atoms with E-state index in [0.717, 1.165) is 5.69 Å². The zero-order chi connectivity index (χ0) is 95.5. The molecule has 139 heavy (non-hydrogen) atoms. The van der Waals surface area contributed by atoms with E-state index in [-0.39, 0.29) is 48.7 Å². The van der Waals surface area contributed by atoms with Gasteiger partial charge in [0.25, 0.3) is 0 Å². The second-order valence-corrected chi connectivity index (χ2v) is 46.1. The van der Waals surface area contributed by atoms with E-state index in [1.807, 2.05) is 11.3 Å². The third-order valence-electron chi connectivity index (χ3n) is 35.7. The van der Waals surface area contributed by atoms with Gasteiger partial charge in [0.15, 0.2) is 0 Å². The van der Waals surface area contributed by atoms with E-state index in [0.29, 0.717) is 0 Å². The van der Waals surface area contributed by atoms with Crippen LogP contribution in [-0.2, 0) is 48.7 Å². The van der Waals surface area contributed by atoms with Crippen LogP contribution in [0.2, 0.25) is 0 Å². The van der Waals surface area contributed by atoms with Crippen LogP contribution in [-0.4, -0.2) is 9.13 Å². The summed E-state index contributed by atoms with van der Waals surface area (Å²) in [4.78, 5) is 2.43. The first-order chi connectivity index (χ1) is 66.8. The van der Waals surface area contributed by atoms with Gasteiger partial charge in [-0.25, -0.2) is 0 Å². The molecule has 6 aliphatic carbocycles. The molecule has 0 unspecified atom stereocenters. The van der Waals surface area contributed by atoms with Gasteiger partial charge in [0.2, 0.25) is 0 Å². The summed E-state index contributed by atoms with van der Waals surface area (Å²) < 4.78 is 7.44. The maximum atomic E-state index is 2.56. The lowest BCUT2D eigenvalue weighted by atomic mass is 9.53. The molecule has 4 heteroatoms. The van der Waals surface area contributed by atoms with Crippen LogP contribution in [0.4, 0.5) is 17.1 Å². The van der Waals surface area contributed by atoms with Gasteiger partial charge in [-0.2, -0.15) is 0 Å². The van der Waals surface area contributed by atoms with E-state index < -0.39 is 0 Å². The largest absolute Gasteiger partial charge is 0.310 e. The summed E-state index contributed by atoms with van der Waals surface area (Å²) >= 11 is 1.87. The summed E-state index contributed by atoms with van der Waals surface area (Å²) in [6.07, 6.45) is 0. The fourth-order valence-electron chi connectivity index (χ4n) is 26.1. The number of nitrogens with zero attached hydrogens (tertiary/aromatic N) is 3. The molecule has 0 amide bonds. The molecule has 0 fully saturated rings. The molecule has 18 aromatic carbocycles. The molecular formula is C135H117N3S. The molecule has 0 spiro atoms. The van der Waals surface area contributed by atoms with E-state index in [2.05, 4.69) is 521 Å². The molecule has 0 bridgehead atoms. The third-order valence-corrected chi connectivity index (χ3v) is 36.9. The molecule has 0 atom stereocenters. The van der Waals surface area contributed by atoms with Crippen LogP contribution in [0.3, 0.4) is 0 Å². The Morgan fingerprint density at radius 3 is 1.07 bits per heavy atom. The van der Waals surface area contributed by atoms with Gasteiger partial charge in [0, 0.05) is 91.8 Å². The van der Waals surface area contributed by atoms with Crippen LogP contribution < -0.4 is 4.90 Å². The van der Waals surface area contributed by atoms with Crippen molar-refractivity contribution in [3.05, 3.63) is 449 Å². The second-order valence-electron chi connectivity index (χ2n) is 45.1. The molecule has 0 aliphatic heterocycles. The molecule has 3 nitrogen and oxygen atoms in total. The van der Waals surface area contributed by atoms with Crippen LogP contribution in [0.5, 0.6) is 0 Å². The fourth-order valence-corrected chi connectivity index (χ4v) is 27.2. The zero-order valence-electron chi connectivity index (χ0n) is 83.1. The van der Waals surface area contributed by atoms with Gasteiger partial charge in [-0.3, -0.25) is 0 Å². The Labute approximate surface area is 822 Å². The lowest BCUT2D eigenvalue weighted by Gasteiger charge is -2.50. The number of fused-ring (bicyclic) bond motifs is 29. The first kappa shape index (κ1) is 86.2. The van der Waals surface area contributed by atoms with Crippen LogP contribution in [0, 0.1) is 0 Å². The zero-order valence-corrected chi connectivity index (χ0v) is 83.9. The summed E-state index contributed by atoms with van der Waals surface area (Å²) in [5, 5.41) is 7.80. The van der Waals surface area contributed by atoms with Crippen molar-refractivity contribution in [1.29, 1.82) is 0 Å². The van der Waals surface area contributed by atoms with E-state index in [1.165, 1.54) is 242 Å². The van der Waals surface area contributed by atoms with Crippen molar-refractivity contribution in [2.24, 2.45) is 0 Å². The minimum atomic E-state index is -0.136. The van der Waals surface area contributed by atoms with Crippen LogP contribution in [0.25, 0.3) is 164 Å². The predicted octanol–water partition coefficient (Wildman–Crippen LogP) is 37.1. The number of hydrogen-bond donors (Lipinski definition) is 0. The average Bonchev–Trinajstić information content (AvgIpc) is 1.59. The number of thiophene rings is 1. The normalized spacial score (nSPS) is 16.5. The van der Waals surface area contributed by atoms with Gasteiger partial charge >= 0.3 is 0 Å². The molecule has 6 aliphatic rings. The molecular weight excluding hydrogens is 1700 g/mol. The molecule has 678 valence electrons. The highest BCUT2D eigenvalue weighted by molar-refractivity contribution is 7.25. The van der Waals surface area contributed by atoms with E-state index in [9.17, 15) is 0 Å². The summed E-state index contributed by atoms with van der Waals surface area (Å²) in [6.45, 7) is 43.8. The summed E-state index contributed by atoms with van der Waals surface area (Å²) in [6, 6.07) is 143. The summed E-state index contributed by atoms with van der Waals surface area (Å²) in [5.74, 6) is 0. The molecule has 0 saturated heterocycles. The number of hydrogen-bond acceptors (Lipinski definition) is 2. The van der Waals surface area contributed by atoms with E-state index in [4.69, 9.17) is 0 Å².